The molecule has 0 aromatic heterocycles. The van der Waals surface area contributed by atoms with Gasteiger partial charge in [-0.15, -0.1) is 0 Å². The first-order valence-electron chi connectivity index (χ1n) is 5.78. The lowest BCUT2D eigenvalue weighted by atomic mass is 10.0. The summed E-state index contributed by atoms with van der Waals surface area (Å²) in [5.41, 5.74) is -0.432. The fourth-order valence-electron chi connectivity index (χ4n) is 2.00. The molecule has 2 rings (SSSR count). The summed E-state index contributed by atoms with van der Waals surface area (Å²) < 4.78 is 0. The summed E-state index contributed by atoms with van der Waals surface area (Å²) in [5.74, 6) is -1.44. The van der Waals surface area contributed by atoms with Crippen molar-refractivity contribution in [3.05, 3.63) is 35.4 Å². The number of hydrogen-bond donors (Lipinski definition) is 2. The minimum atomic E-state index is -1.08. The van der Waals surface area contributed by atoms with Crippen LogP contribution in [0.5, 0.6) is 0 Å². The molecule has 1 aliphatic rings. The normalized spacial score (nSPS) is 17.5. The molecule has 0 spiro atoms. The van der Waals surface area contributed by atoms with E-state index in [4.69, 9.17) is 5.11 Å². The molecule has 0 atom stereocenters. The van der Waals surface area contributed by atoms with Gasteiger partial charge in [-0.2, -0.15) is 0 Å². The number of carbonyl (C=O) groups excluding carboxylic acids is 2. The Morgan fingerprint density at radius 3 is 2.47 bits per heavy atom. The number of urea groups is 1. The molecule has 6 nitrogen and oxygen atoms in total. The summed E-state index contributed by atoms with van der Waals surface area (Å²) in [4.78, 5) is 35.9. The van der Waals surface area contributed by atoms with Gasteiger partial charge in [0.2, 0.25) is 0 Å². The van der Waals surface area contributed by atoms with Crippen molar-refractivity contribution in [3.63, 3.8) is 0 Å². The molecule has 2 N–H and O–H groups in total. The monoisotopic (exact) mass is 262 g/mol. The maximum Gasteiger partial charge on any atom is 0.336 e. The van der Waals surface area contributed by atoms with Crippen molar-refractivity contribution in [3.8, 4) is 0 Å². The third kappa shape index (κ3) is 2.29. The van der Waals surface area contributed by atoms with Crippen molar-refractivity contribution in [1.82, 2.24) is 10.2 Å². The summed E-state index contributed by atoms with van der Waals surface area (Å²) in [5, 5.41) is 11.6. The van der Waals surface area contributed by atoms with Gasteiger partial charge in [0.05, 0.1) is 12.1 Å². The van der Waals surface area contributed by atoms with Crippen LogP contribution in [0, 0.1) is 0 Å². The molecule has 19 heavy (non-hydrogen) atoms. The first kappa shape index (κ1) is 13.1. The molecule has 0 radical (unpaired) electrons. The number of rotatable bonds is 3. The second-order valence-electron chi connectivity index (χ2n) is 4.91. The van der Waals surface area contributed by atoms with Crippen LogP contribution in [0.3, 0.4) is 0 Å². The van der Waals surface area contributed by atoms with Crippen molar-refractivity contribution < 1.29 is 19.5 Å². The van der Waals surface area contributed by atoms with Crippen LogP contribution in [0.25, 0.3) is 0 Å². The highest BCUT2D eigenvalue weighted by molar-refractivity contribution is 6.06. The molecule has 1 aromatic rings. The lowest BCUT2D eigenvalue weighted by molar-refractivity contribution is -0.130. The quantitative estimate of drug-likeness (QED) is 0.802. The number of carbonyl (C=O) groups is 3. The van der Waals surface area contributed by atoms with Crippen LogP contribution in [0.4, 0.5) is 4.79 Å². The zero-order chi connectivity index (χ0) is 14.2. The number of nitrogens with one attached hydrogen (secondary N) is 1. The van der Waals surface area contributed by atoms with E-state index in [-0.39, 0.29) is 18.0 Å². The van der Waals surface area contributed by atoms with Gasteiger partial charge in [-0.1, -0.05) is 18.2 Å². The van der Waals surface area contributed by atoms with Crippen LogP contribution >= 0.6 is 0 Å². The zero-order valence-electron chi connectivity index (χ0n) is 10.6. The number of benzene rings is 1. The molecule has 0 unspecified atom stereocenters. The topological polar surface area (TPSA) is 86.7 Å². The van der Waals surface area contributed by atoms with Crippen LogP contribution in [0.2, 0.25) is 0 Å². The highest BCUT2D eigenvalue weighted by Crippen LogP contribution is 2.20. The molecule has 1 fully saturated rings. The highest BCUT2D eigenvalue weighted by atomic mass is 16.4. The smallest absolute Gasteiger partial charge is 0.336 e. The summed E-state index contributed by atoms with van der Waals surface area (Å²) in [6.07, 6.45) is 0. The van der Waals surface area contributed by atoms with E-state index in [1.165, 1.54) is 6.07 Å². The number of hydrogen-bond acceptors (Lipinski definition) is 3. The van der Waals surface area contributed by atoms with Gasteiger partial charge >= 0.3 is 12.0 Å². The summed E-state index contributed by atoms with van der Waals surface area (Å²) in [7, 11) is 0. The summed E-state index contributed by atoms with van der Waals surface area (Å²) in [6, 6.07) is 5.81. The number of imide groups is 1. The summed E-state index contributed by atoms with van der Waals surface area (Å²) in [6.45, 7) is 3.17. The van der Waals surface area contributed by atoms with Gasteiger partial charge in [0.1, 0.15) is 5.54 Å². The van der Waals surface area contributed by atoms with Crippen molar-refractivity contribution in [2.75, 3.05) is 0 Å². The standard InChI is InChI=1S/C13H14N2O4/c1-13(2)11(18)15(12(19)14-13)7-8-5-3-4-6-9(8)10(16)17/h3-6H,7H2,1-2H3,(H,14,19)(H,16,17). The third-order valence-electron chi connectivity index (χ3n) is 3.02. The Morgan fingerprint density at radius 2 is 1.95 bits per heavy atom. The fraction of sp³-hybridized carbons (Fsp3) is 0.308. The number of carboxylic acids is 1. The SMILES string of the molecule is CC1(C)NC(=O)N(Cc2ccccc2C(=O)O)C1=O. The van der Waals surface area contributed by atoms with Gasteiger partial charge in [0.25, 0.3) is 5.91 Å². The predicted octanol–water partition coefficient (Wildman–Crippen LogP) is 1.22. The Balaban J connectivity index is 2.30. The Hall–Kier alpha value is -2.37. The maximum atomic E-state index is 12.0. The van der Waals surface area contributed by atoms with Crippen LogP contribution in [-0.4, -0.2) is 33.5 Å². The lowest BCUT2D eigenvalue weighted by Gasteiger charge is -2.16. The third-order valence-corrected chi connectivity index (χ3v) is 3.02. The Bertz CT molecular complexity index is 566. The maximum absolute atomic E-state index is 12.0. The van der Waals surface area contributed by atoms with Crippen LogP contribution in [-0.2, 0) is 11.3 Å². The van der Waals surface area contributed by atoms with Gasteiger partial charge in [-0.05, 0) is 25.5 Å². The Morgan fingerprint density at radius 1 is 1.32 bits per heavy atom. The lowest BCUT2D eigenvalue weighted by Crippen LogP contribution is -2.40. The Kier molecular flexibility index (Phi) is 3.01. The molecule has 100 valence electrons. The minimum Gasteiger partial charge on any atom is -0.478 e. The summed E-state index contributed by atoms with van der Waals surface area (Å²) >= 11 is 0. The predicted molar refractivity (Wildman–Crippen MR) is 66.6 cm³/mol. The average molecular weight is 262 g/mol. The second kappa shape index (κ2) is 4.38. The van der Waals surface area contributed by atoms with Gasteiger partial charge < -0.3 is 10.4 Å². The largest absolute Gasteiger partial charge is 0.478 e. The molecule has 1 aromatic carbocycles. The second-order valence-corrected chi connectivity index (χ2v) is 4.91. The molecule has 1 aliphatic heterocycles. The van der Waals surface area contributed by atoms with E-state index in [1.54, 1.807) is 32.0 Å². The van der Waals surface area contributed by atoms with Gasteiger partial charge in [-0.3, -0.25) is 9.69 Å². The molecule has 3 amide bonds. The molecule has 1 heterocycles. The van der Waals surface area contributed by atoms with E-state index in [2.05, 4.69) is 5.32 Å². The molecular weight excluding hydrogens is 248 g/mol. The molecule has 6 heteroatoms. The van der Waals surface area contributed by atoms with Crippen LogP contribution in [0.15, 0.2) is 24.3 Å². The van der Waals surface area contributed by atoms with Crippen molar-refractivity contribution >= 4 is 17.9 Å². The minimum absolute atomic E-state index is 0.0451. The number of amides is 3. The van der Waals surface area contributed by atoms with Crippen LogP contribution < -0.4 is 5.32 Å². The molecular formula is C13H14N2O4. The van der Waals surface area contributed by atoms with Crippen molar-refractivity contribution in [2.45, 2.75) is 25.9 Å². The Labute approximate surface area is 110 Å². The molecule has 1 saturated heterocycles. The average Bonchev–Trinajstić information content (AvgIpc) is 2.52. The number of aromatic carboxylic acids is 1. The van der Waals surface area contributed by atoms with E-state index < -0.39 is 17.5 Å². The van der Waals surface area contributed by atoms with Crippen molar-refractivity contribution in [2.24, 2.45) is 0 Å². The molecule has 0 aliphatic carbocycles. The molecule has 0 saturated carbocycles. The van der Waals surface area contributed by atoms with Crippen molar-refractivity contribution in [1.29, 1.82) is 0 Å². The van der Waals surface area contributed by atoms with Crippen LogP contribution in [0.1, 0.15) is 29.8 Å². The fourth-order valence-corrected chi connectivity index (χ4v) is 2.00. The van der Waals surface area contributed by atoms with E-state index in [0.29, 0.717) is 5.56 Å². The zero-order valence-corrected chi connectivity index (χ0v) is 10.6. The van der Waals surface area contributed by atoms with E-state index in [0.717, 1.165) is 4.90 Å². The highest BCUT2D eigenvalue weighted by Gasteiger charge is 2.44. The van der Waals surface area contributed by atoms with Gasteiger partial charge in [-0.25, -0.2) is 9.59 Å². The van der Waals surface area contributed by atoms with E-state index >= 15 is 0 Å². The van der Waals surface area contributed by atoms with E-state index in [1.807, 2.05) is 0 Å². The van der Waals surface area contributed by atoms with Gasteiger partial charge in [0, 0.05) is 0 Å². The molecule has 0 bridgehead atoms. The van der Waals surface area contributed by atoms with E-state index in [9.17, 15) is 14.4 Å². The number of nitrogens with zero attached hydrogens (tertiary/aromatic N) is 1. The number of carboxylic acid groups (broad SMARTS) is 1. The van der Waals surface area contributed by atoms with Gasteiger partial charge in [0.15, 0.2) is 0 Å². The first-order valence-corrected chi connectivity index (χ1v) is 5.78. The first-order chi connectivity index (χ1) is 8.83.